The van der Waals surface area contributed by atoms with Crippen LogP contribution < -0.4 is 5.32 Å². The molecular weight excluding hydrogens is 340 g/mol. The maximum Gasteiger partial charge on any atom is 0.407 e. The molecule has 2 N–H and O–H groups in total. The number of alkyl carbamates (subject to hydrolysis) is 1. The van der Waals surface area contributed by atoms with E-state index in [4.69, 9.17) is 9.84 Å². The molecule has 0 spiro atoms. The fraction of sp³-hybridized carbons (Fsp3) is 0.111. The highest BCUT2D eigenvalue weighted by Crippen LogP contribution is 2.19. The zero-order valence-corrected chi connectivity index (χ0v) is 13.6. The van der Waals surface area contributed by atoms with E-state index in [-0.39, 0.29) is 30.0 Å². The maximum atomic E-state index is 11.6. The zero-order chi connectivity index (χ0) is 18.9. The highest BCUT2D eigenvalue weighted by atomic mass is 16.6. The first kappa shape index (κ1) is 18.7. The van der Waals surface area contributed by atoms with Gasteiger partial charge in [0.05, 0.1) is 10.5 Å². The van der Waals surface area contributed by atoms with Gasteiger partial charge in [0.25, 0.3) is 5.69 Å². The van der Waals surface area contributed by atoms with Crippen molar-refractivity contribution in [1.82, 2.24) is 5.32 Å². The van der Waals surface area contributed by atoms with Crippen LogP contribution >= 0.6 is 0 Å². The van der Waals surface area contributed by atoms with Crippen LogP contribution in [0.1, 0.15) is 21.5 Å². The van der Waals surface area contributed by atoms with Crippen LogP contribution in [0.2, 0.25) is 0 Å². The molecule has 0 fully saturated rings. The minimum atomic E-state index is -1.20. The van der Waals surface area contributed by atoms with Crippen molar-refractivity contribution in [3.63, 3.8) is 0 Å². The van der Waals surface area contributed by atoms with Gasteiger partial charge < -0.3 is 15.2 Å². The third kappa shape index (κ3) is 5.45. The van der Waals surface area contributed by atoms with Crippen molar-refractivity contribution in [3.05, 3.63) is 81.4 Å². The fourth-order valence-corrected chi connectivity index (χ4v) is 2.10. The average molecular weight is 356 g/mol. The summed E-state index contributed by atoms with van der Waals surface area (Å²) >= 11 is 0. The Kier molecular flexibility index (Phi) is 6.44. The lowest BCUT2D eigenvalue weighted by molar-refractivity contribution is -0.384. The predicted octanol–water partition coefficient (Wildman–Crippen LogP) is 3.23. The molecule has 0 radical (unpaired) electrons. The number of ether oxygens (including phenoxy) is 1. The molecule has 1 amide bonds. The number of carboxylic acids is 1. The van der Waals surface area contributed by atoms with E-state index in [9.17, 15) is 19.7 Å². The largest absolute Gasteiger partial charge is 0.478 e. The van der Waals surface area contributed by atoms with E-state index < -0.39 is 17.0 Å². The summed E-state index contributed by atoms with van der Waals surface area (Å²) in [6.07, 6.45) is 2.25. The van der Waals surface area contributed by atoms with Crippen LogP contribution in [0.4, 0.5) is 10.5 Å². The summed E-state index contributed by atoms with van der Waals surface area (Å²) in [5.74, 6) is -1.20. The van der Waals surface area contributed by atoms with E-state index >= 15 is 0 Å². The molecule has 0 aliphatic carbocycles. The van der Waals surface area contributed by atoms with E-state index in [0.29, 0.717) is 0 Å². The molecule has 0 atom stereocenters. The van der Waals surface area contributed by atoms with Gasteiger partial charge in [-0.2, -0.15) is 0 Å². The highest BCUT2D eigenvalue weighted by Gasteiger charge is 2.13. The average Bonchev–Trinajstić information content (AvgIpc) is 2.64. The quantitative estimate of drug-likeness (QED) is 0.581. The molecule has 134 valence electrons. The maximum absolute atomic E-state index is 11.6. The van der Waals surface area contributed by atoms with Crippen LogP contribution in [-0.4, -0.2) is 28.6 Å². The molecule has 8 nitrogen and oxygen atoms in total. The van der Waals surface area contributed by atoms with Gasteiger partial charge in [0, 0.05) is 18.7 Å². The van der Waals surface area contributed by atoms with Crippen molar-refractivity contribution in [1.29, 1.82) is 0 Å². The molecular formula is C18H16N2O6. The van der Waals surface area contributed by atoms with Crippen LogP contribution in [0, 0.1) is 10.1 Å². The number of carbonyl (C=O) groups excluding carboxylic acids is 1. The summed E-state index contributed by atoms with van der Waals surface area (Å²) in [7, 11) is 0. The third-order valence-electron chi connectivity index (χ3n) is 3.35. The van der Waals surface area contributed by atoms with Crippen molar-refractivity contribution in [2.24, 2.45) is 0 Å². The Morgan fingerprint density at radius 2 is 1.92 bits per heavy atom. The van der Waals surface area contributed by atoms with Crippen molar-refractivity contribution in [2.75, 3.05) is 6.54 Å². The predicted molar refractivity (Wildman–Crippen MR) is 93.7 cm³/mol. The molecule has 8 heteroatoms. The summed E-state index contributed by atoms with van der Waals surface area (Å²) < 4.78 is 5.03. The van der Waals surface area contributed by atoms with Gasteiger partial charge in [0.2, 0.25) is 0 Å². The Labute approximate surface area is 148 Å². The first-order valence-electron chi connectivity index (χ1n) is 7.60. The first-order valence-corrected chi connectivity index (χ1v) is 7.60. The van der Waals surface area contributed by atoms with Crippen molar-refractivity contribution >= 4 is 23.8 Å². The van der Waals surface area contributed by atoms with E-state index in [1.165, 1.54) is 18.2 Å². The minimum absolute atomic E-state index is 0.0708. The Balaban J connectivity index is 1.91. The smallest absolute Gasteiger partial charge is 0.407 e. The van der Waals surface area contributed by atoms with Gasteiger partial charge in [0.15, 0.2) is 0 Å². The van der Waals surface area contributed by atoms with E-state index in [0.717, 1.165) is 17.7 Å². The minimum Gasteiger partial charge on any atom is -0.478 e. The topological polar surface area (TPSA) is 119 Å². The summed E-state index contributed by atoms with van der Waals surface area (Å²) in [6.45, 7) is 0.208. The van der Waals surface area contributed by atoms with Crippen molar-refractivity contribution in [3.8, 4) is 0 Å². The number of hydrogen-bond acceptors (Lipinski definition) is 5. The van der Waals surface area contributed by atoms with E-state index in [2.05, 4.69) is 5.32 Å². The number of nitrogens with one attached hydrogen (secondary N) is 1. The fourth-order valence-electron chi connectivity index (χ4n) is 2.10. The van der Waals surface area contributed by atoms with E-state index in [1.54, 1.807) is 0 Å². The summed E-state index contributed by atoms with van der Waals surface area (Å²) in [5, 5.41) is 22.4. The third-order valence-corrected chi connectivity index (χ3v) is 3.35. The molecule has 0 aromatic heterocycles. The molecule has 0 saturated carbocycles. The summed E-state index contributed by atoms with van der Waals surface area (Å²) in [6, 6.07) is 12.6. The van der Waals surface area contributed by atoms with Gasteiger partial charge >= 0.3 is 12.1 Å². The lowest BCUT2D eigenvalue weighted by Gasteiger charge is -2.05. The molecule has 2 aromatic carbocycles. The molecule has 0 unspecified atom stereocenters. The van der Waals surface area contributed by atoms with Gasteiger partial charge in [-0.15, -0.1) is 0 Å². The van der Waals surface area contributed by atoms with Crippen molar-refractivity contribution < 1.29 is 24.4 Å². The molecule has 0 heterocycles. The number of nitro groups is 1. The molecule has 0 bridgehead atoms. The van der Waals surface area contributed by atoms with Gasteiger partial charge in [0.1, 0.15) is 6.61 Å². The number of benzene rings is 2. The van der Waals surface area contributed by atoms with Gasteiger partial charge in [-0.3, -0.25) is 10.1 Å². The number of non-ortho nitro benzene ring substituents is 1. The molecule has 2 rings (SSSR count). The lowest BCUT2D eigenvalue weighted by Crippen LogP contribution is -2.24. The molecule has 2 aromatic rings. The molecule has 0 saturated heterocycles. The number of hydrogen-bond donors (Lipinski definition) is 2. The second-order valence-corrected chi connectivity index (χ2v) is 5.18. The monoisotopic (exact) mass is 356 g/mol. The number of nitrogens with zero attached hydrogens (tertiary/aromatic N) is 1. The van der Waals surface area contributed by atoms with Crippen LogP contribution in [0.25, 0.3) is 6.08 Å². The van der Waals surface area contributed by atoms with Crippen LogP contribution in [0.3, 0.4) is 0 Å². The molecule has 26 heavy (non-hydrogen) atoms. The second kappa shape index (κ2) is 8.97. The van der Waals surface area contributed by atoms with Crippen LogP contribution in [0.15, 0.2) is 54.6 Å². The Morgan fingerprint density at radius 3 is 2.58 bits per heavy atom. The molecule has 0 aliphatic heterocycles. The lowest BCUT2D eigenvalue weighted by atomic mass is 10.1. The Hall–Kier alpha value is -3.68. The van der Waals surface area contributed by atoms with Gasteiger partial charge in [-0.25, -0.2) is 9.59 Å². The zero-order valence-electron chi connectivity index (χ0n) is 13.6. The number of aromatic carboxylic acids is 1. The summed E-state index contributed by atoms with van der Waals surface area (Å²) in [4.78, 5) is 33.0. The van der Waals surface area contributed by atoms with Crippen LogP contribution in [-0.2, 0) is 11.3 Å². The number of carbonyl (C=O) groups is 2. The SMILES string of the molecule is O=C(NCC=Cc1cc([N+](=O)[O-])ccc1C(=O)O)OCc1ccccc1. The van der Waals surface area contributed by atoms with Crippen LogP contribution in [0.5, 0.6) is 0 Å². The molecule has 0 aliphatic rings. The number of carboxylic acid groups (broad SMARTS) is 1. The summed E-state index contributed by atoms with van der Waals surface area (Å²) in [5.41, 5.74) is 0.732. The Morgan fingerprint density at radius 1 is 1.19 bits per heavy atom. The standard InChI is InChI=1S/C18H16N2O6/c21-17(22)16-9-8-15(20(24)25)11-14(16)7-4-10-19-18(23)26-12-13-5-2-1-3-6-13/h1-9,11H,10,12H2,(H,19,23)(H,21,22). The van der Waals surface area contributed by atoms with Gasteiger partial charge in [-0.1, -0.05) is 42.5 Å². The number of nitro benzene ring substituents is 1. The van der Waals surface area contributed by atoms with Gasteiger partial charge in [-0.05, 0) is 17.2 Å². The normalized spacial score (nSPS) is 10.5. The number of amides is 1. The van der Waals surface area contributed by atoms with Crippen molar-refractivity contribution in [2.45, 2.75) is 6.61 Å². The first-order chi connectivity index (χ1) is 12.5. The number of rotatable bonds is 7. The second-order valence-electron chi connectivity index (χ2n) is 5.18. The Bertz CT molecular complexity index is 833. The van der Waals surface area contributed by atoms with E-state index in [1.807, 2.05) is 30.3 Å². The highest BCUT2D eigenvalue weighted by molar-refractivity contribution is 5.92.